The summed E-state index contributed by atoms with van der Waals surface area (Å²) in [6, 6.07) is 0. The quantitative estimate of drug-likeness (QED) is 0.368. The Morgan fingerprint density at radius 2 is 1.45 bits per heavy atom. The van der Waals surface area contributed by atoms with Gasteiger partial charge in [0.05, 0.1) is 5.41 Å². The van der Waals surface area contributed by atoms with Crippen molar-refractivity contribution in [3.63, 3.8) is 0 Å². The SMILES string of the molecule is CCCCCC(CCCCC)(C(N)=O)C(C(=O)O)S(=O)(=O)O. The van der Waals surface area contributed by atoms with Crippen molar-refractivity contribution in [2.45, 2.75) is 70.5 Å². The molecule has 0 bridgehead atoms. The molecule has 0 aromatic carbocycles. The lowest BCUT2D eigenvalue weighted by Gasteiger charge is -2.34. The summed E-state index contributed by atoms with van der Waals surface area (Å²) in [7, 11) is -4.94. The van der Waals surface area contributed by atoms with Crippen molar-refractivity contribution in [2.24, 2.45) is 11.1 Å². The molecule has 0 spiro atoms. The van der Waals surface area contributed by atoms with Crippen molar-refractivity contribution < 1.29 is 27.7 Å². The summed E-state index contributed by atoms with van der Waals surface area (Å²) < 4.78 is 32.4. The van der Waals surface area contributed by atoms with Gasteiger partial charge in [0.25, 0.3) is 10.1 Å². The summed E-state index contributed by atoms with van der Waals surface area (Å²) >= 11 is 0. The van der Waals surface area contributed by atoms with Crippen LogP contribution in [0.2, 0.25) is 0 Å². The summed E-state index contributed by atoms with van der Waals surface area (Å²) in [5.74, 6) is -2.72. The molecule has 8 heteroatoms. The molecule has 0 aromatic heterocycles. The molecule has 0 fully saturated rings. The van der Waals surface area contributed by atoms with E-state index < -0.39 is 32.7 Å². The van der Waals surface area contributed by atoms with E-state index in [0.29, 0.717) is 12.8 Å². The fourth-order valence-electron chi connectivity index (χ4n) is 2.79. The Bertz CT molecular complexity index is 464. The molecule has 0 saturated heterocycles. The van der Waals surface area contributed by atoms with Crippen LogP contribution in [-0.4, -0.2) is 35.2 Å². The molecule has 0 aliphatic heterocycles. The number of unbranched alkanes of at least 4 members (excludes halogenated alkanes) is 4. The van der Waals surface area contributed by atoms with E-state index in [0.717, 1.165) is 25.7 Å². The van der Waals surface area contributed by atoms with Crippen LogP contribution in [-0.2, 0) is 19.7 Å². The third kappa shape index (κ3) is 5.57. The van der Waals surface area contributed by atoms with Gasteiger partial charge in [-0.25, -0.2) is 0 Å². The molecule has 0 aromatic rings. The Kier molecular flexibility index (Phi) is 8.62. The zero-order chi connectivity index (χ0) is 17.4. The van der Waals surface area contributed by atoms with E-state index in [9.17, 15) is 27.7 Å². The van der Waals surface area contributed by atoms with Gasteiger partial charge in [0, 0.05) is 0 Å². The van der Waals surface area contributed by atoms with Gasteiger partial charge in [-0.1, -0.05) is 52.4 Å². The molecule has 22 heavy (non-hydrogen) atoms. The number of hydrogen-bond donors (Lipinski definition) is 3. The minimum Gasteiger partial charge on any atom is -0.480 e. The average Bonchev–Trinajstić information content (AvgIpc) is 2.36. The highest BCUT2D eigenvalue weighted by Gasteiger charge is 2.53. The first-order valence-corrected chi connectivity index (χ1v) is 9.12. The number of carboxylic acids is 1. The van der Waals surface area contributed by atoms with Crippen molar-refractivity contribution in [3.05, 3.63) is 0 Å². The normalized spacial score (nSPS) is 13.8. The van der Waals surface area contributed by atoms with Gasteiger partial charge in [0.2, 0.25) is 5.91 Å². The third-order valence-corrected chi connectivity index (χ3v) is 5.22. The van der Waals surface area contributed by atoms with Crippen molar-refractivity contribution in [1.29, 1.82) is 0 Å². The Morgan fingerprint density at radius 1 is 1.05 bits per heavy atom. The Balaban J connectivity index is 5.75. The van der Waals surface area contributed by atoms with Crippen LogP contribution in [0.3, 0.4) is 0 Å². The molecule has 0 heterocycles. The molecule has 1 atom stereocenters. The summed E-state index contributed by atoms with van der Waals surface area (Å²) in [6.07, 6.45) is 4.13. The monoisotopic (exact) mass is 337 g/mol. The average molecular weight is 337 g/mol. The predicted octanol–water partition coefficient (Wildman–Crippen LogP) is 1.96. The molecule has 0 rings (SSSR count). The zero-order valence-electron chi connectivity index (χ0n) is 13.2. The van der Waals surface area contributed by atoms with Crippen LogP contribution in [0.4, 0.5) is 0 Å². The van der Waals surface area contributed by atoms with Gasteiger partial charge in [0.1, 0.15) is 0 Å². The van der Waals surface area contributed by atoms with Crippen LogP contribution in [0.15, 0.2) is 0 Å². The summed E-state index contributed by atoms with van der Waals surface area (Å²) in [5.41, 5.74) is 3.62. The fraction of sp³-hybridized carbons (Fsp3) is 0.857. The van der Waals surface area contributed by atoms with Gasteiger partial charge in [-0.3, -0.25) is 14.1 Å². The van der Waals surface area contributed by atoms with Gasteiger partial charge in [0.15, 0.2) is 5.25 Å². The molecule has 0 aliphatic rings. The van der Waals surface area contributed by atoms with E-state index in [1.165, 1.54) is 0 Å². The molecule has 0 radical (unpaired) electrons. The van der Waals surface area contributed by atoms with Crippen LogP contribution in [0.25, 0.3) is 0 Å². The molecular weight excluding hydrogens is 310 g/mol. The maximum Gasteiger partial charge on any atom is 0.325 e. The molecular formula is C14H27NO6S. The smallest absolute Gasteiger partial charge is 0.325 e. The van der Waals surface area contributed by atoms with Gasteiger partial charge < -0.3 is 10.8 Å². The second kappa shape index (κ2) is 9.09. The number of hydrogen-bond acceptors (Lipinski definition) is 4. The van der Waals surface area contributed by atoms with Gasteiger partial charge in [-0.05, 0) is 12.8 Å². The molecule has 1 amide bonds. The Labute approximate surface area is 132 Å². The molecule has 4 N–H and O–H groups in total. The predicted molar refractivity (Wildman–Crippen MR) is 82.9 cm³/mol. The number of nitrogens with two attached hydrogens (primary N) is 1. The van der Waals surface area contributed by atoms with E-state index in [4.69, 9.17) is 5.73 Å². The number of carbonyl (C=O) groups excluding carboxylic acids is 1. The second-order valence-electron chi connectivity index (χ2n) is 5.67. The lowest BCUT2D eigenvalue weighted by molar-refractivity contribution is -0.144. The number of carbonyl (C=O) groups is 2. The maximum atomic E-state index is 12.0. The third-order valence-electron chi connectivity index (χ3n) is 3.97. The Hall–Kier alpha value is -1.15. The molecule has 0 aliphatic carbocycles. The fourth-order valence-corrected chi connectivity index (χ4v) is 3.97. The number of carboxylic acid groups (broad SMARTS) is 1. The largest absolute Gasteiger partial charge is 0.480 e. The van der Waals surface area contributed by atoms with E-state index in [1.807, 2.05) is 13.8 Å². The van der Waals surface area contributed by atoms with Crippen molar-refractivity contribution in [2.75, 3.05) is 0 Å². The van der Waals surface area contributed by atoms with E-state index >= 15 is 0 Å². The van der Waals surface area contributed by atoms with Crippen LogP contribution >= 0.6 is 0 Å². The highest BCUT2D eigenvalue weighted by molar-refractivity contribution is 7.87. The molecule has 0 saturated carbocycles. The molecule has 1 unspecified atom stereocenters. The number of primary amides is 1. The number of amides is 1. The lowest BCUT2D eigenvalue weighted by atomic mass is 9.74. The maximum absolute atomic E-state index is 12.0. The first kappa shape index (κ1) is 20.9. The van der Waals surface area contributed by atoms with E-state index in [-0.39, 0.29) is 12.8 Å². The van der Waals surface area contributed by atoms with Gasteiger partial charge >= 0.3 is 5.97 Å². The van der Waals surface area contributed by atoms with E-state index in [2.05, 4.69) is 0 Å². The second-order valence-corrected chi connectivity index (χ2v) is 7.17. The number of aliphatic carboxylic acids is 1. The standard InChI is InChI=1S/C14H27NO6S/c1-3-5-7-9-14(13(15)18,10-8-6-4-2)11(12(16)17)22(19,20)21/h11H,3-10H2,1-2H3,(H2,15,18)(H,16,17)(H,19,20,21). The number of rotatable bonds is 12. The van der Waals surface area contributed by atoms with Gasteiger partial charge in [-0.2, -0.15) is 8.42 Å². The Morgan fingerprint density at radius 3 is 1.68 bits per heavy atom. The minimum atomic E-state index is -4.94. The molecule has 130 valence electrons. The minimum absolute atomic E-state index is 0.0383. The highest BCUT2D eigenvalue weighted by Crippen LogP contribution is 2.38. The first-order chi connectivity index (χ1) is 10.1. The van der Waals surface area contributed by atoms with Crippen LogP contribution < -0.4 is 5.73 Å². The molecule has 7 nitrogen and oxygen atoms in total. The summed E-state index contributed by atoms with van der Waals surface area (Å²) in [6.45, 7) is 3.86. The van der Waals surface area contributed by atoms with Crippen LogP contribution in [0.5, 0.6) is 0 Å². The van der Waals surface area contributed by atoms with Crippen molar-refractivity contribution in [1.82, 2.24) is 0 Å². The summed E-state index contributed by atoms with van der Waals surface area (Å²) in [5, 5.41) is 7.04. The zero-order valence-corrected chi connectivity index (χ0v) is 14.1. The first-order valence-electron chi connectivity index (χ1n) is 7.62. The lowest BCUT2D eigenvalue weighted by Crippen LogP contribution is -2.53. The topological polar surface area (TPSA) is 135 Å². The van der Waals surface area contributed by atoms with Crippen LogP contribution in [0, 0.1) is 5.41 Å². The summed E-state index contributed by atoms with van der Waals surface area (Å²) in [4.78, 5) is 23.4. The van der Waals surface area contributed by atoms with Gasteiger partial charge in [-0.15, -0.1) is 0 Å². The van der Waals surface area contributed by atoms with Crippen molar-refractivity contribution in [3.8, 4) is 0 Å². The van der Waals surface area contributed by atoms with E-state index in [1.54, 1.807) is 0 Å². The highest BCUT2D eigenvalue weighted by atomic mass is 32.2. The van der Waals surface area contributed by atoms with Crippen molar-refractivity contribution >= 4 is 22.0 Å². The van der Waals surface area contributed by atoms with Crippen LogP contribution in [0.1, 0.15) is 65.2 Å².